The van der Waals surface area contributed by atoms with Crippen LogP contribution in [0.3, 0.4) is 0 Å². The smallest absolute Gasteiger partial charge is 0.0220 e. The van der Waals surface area contributed by atoms with Crippen molar-refractivity contribution in [3.05, 3.63) is 0 Å². The van der Waals surface area contributed by atoms with Crippen LogP contribution in [0.5, 0.6) is 0 Å². The van der Waals surface area contributed by atoms with Crippen LogP contribution in [0, 0.1) is 16.7 Å². The lowest BCUT2D eigenvalue weighted by Gasteiger charge is -2.31. The molecule has 0 heteroatoms. The van der Waals surface area contributed by atoms with Gasteiger partial charge in [-0.25, -0.2) is 0 Å². The van der Waals surface area contributed by atoms with Crippen molar-refractivity contribution in [2.45, 2.75) is 53.9 Å². The van der Waals surface area contributed by atoms with E-state index in [-0.39, 0.29) is 0 Å². The third kappa shape index (κ3) is 1.21. The summed E-state index contributed by atoms with van der Waals surface area (Å²) in [5, 5.41) is 0. The molecule has 2 atom stereocenters. The lowest BCUT2D eigenvalue weighted by atomic mass is 9.74. The Bertz CT molecular complexity index is 141. The number of hydrogen-bond donors (Lipinski definition) is 0. The molecule has 0 saturated heterocycles. The van der Waals surface area contributed by atoms with E-state index in [1.165, 1.54) is 19.3 Å². The number of hydrogen-bond acceptors (Lipinski definition) is 0. The molecule has 0 heterocycles. The Morgan fingerprint density at radius 3 is 1.91 bits per heavy atom. The highest BCUT2D eigenvalue weighted by molar-refractivity contribution is 5.07. The van der Waals surface area contributed by atoms with Crippen LogP contribution in [-0.2, 0) is 0 Å². The second kappa shape index (κ2) is 2.50. The maximum Gasteiger partial charge on any atom is -0.0220 e. The third-order valence-corrected chi connectivity index (χ3v) is 3.85. The van der Waals surface area contributed by atoms with Crippen LogP contribution >= 0.6 is 0 Å². The summed E-state index contributed by atoms with van der Waals surface area (Å²) in [6, 6.07) is 0. The molecule has 0 spiro atoms. The van der Waals surface area contributed by atoms with Crippen molar-refractivity contribution in [2.24, 2.45) is 16.7 Å². The van der Waals surface area contributed by atoms with Crippen LogP contribution < -0.4 is 0 Å². The zero-order chi connectivity index (χ0) is 8.70. The molecule has 1 aliphatic carbocycles. The van der Waals surface area contributed by atoms with Gasteiger partial charge in [-0.2, -0.15) is 0 Å². The Hall–Kier alpha value is 0. The summed E-state index contributed by atoms with van der Waals surface area (Å²) in [6.07, 6.45) is 4.23. The number of rotatable bonds is 2. The Morgan fingerprint density at radius 2 is 1.82 bits per heavy atom. The Labute approximate surface area is 71.4 Å². The monoisotopic (exact) mass is 154 g/mol. The van der Waals surface area contributed by atoms with Gasteiger partial charge in [-0.3, -0.25) is 0 Å². The Morgan fingerprint density at radius 1 is 1.27 bits per heavy atom. The minimum atomic E-state index is 0.530. The molecule has 1 aliphatic rings. The average molecular weight is 154 g/mol. The highest BCUT2D eigenvalue weighted by atomic mass is 14.6. The Balaban J connectivity index is 2.67. The molecule has 2 unspecified atom stereocenters. The fourth-order valence-electron chi connectivity index (χ4n) is 2.80. The lowest BCUT2D eigenvalue weighted by molar-refractivity contribution is 0.182. The molecule has 1 fully saturated rings. The first kappa shape index (κ1) is 9.09. The first-order valence-electron chi connectivity index (χ1n) is 4.98. The van der Waals surface area contributed by atoms with Crippen LogP contribution in [0.15, 0.2) is 0 Å². The second-order valence-corrected chi connectivity index (χ2v) is 5.07. The molecule has 11 heavy (non-hydrogen) atoms. The molecule has 0 nitrogen and oxygen atoms in total. The molecule has 0 bridgehead atoms. The first-order valence-corrected chi connectivity index (χ1v) is 4.98. The van der Waals surface area contributed by atoms with Gasteiger partial charge in [0.25, 0.3) is 0 Å². The standard InChI is InChI=1S/C11H22/c1-6-9-8-11(9,7-2)10(3,4)5/h9H,6-8H2,1-5H3. The van der Waals surface area contributed by atoms with Gasteiger partial charge < -0.3 is 0 Å². The summed E-state index contributed by atoms with van der Waals surface area (Å²) in [5.74, 6) is 1.02. The first-order chi connectivity index (χ1) is 4.98. The van der Waals surface area contributed by atoms with Gasteiger partial charge in [0.05, 0.1) is 0 Å². The van der Waals surface area contributed by atoms with Gasteiger partial charge in [0.1, 0.15) is 0 Å². The van der Waals surface area contributed by atoms with E-state index in [9.17, 15) is 0 Å². The molecule has 0 amide bonds. The minimum absolute atomic E-state index is 0.530. The SMILES string of the molecule is CCC1CC1(CC)C(C)(C)C. The Kier molecular flexibility index (Phi) is 2.07. The third-order valence-electron chi connectivity index (χ3n) is 3.85. The topological polar surface area (TPSA) is 0 Å². The molecule has 0 aromatic carbocycles. The molecule has 1 rings (SSSR count). The summed E-state index contributed by atoms with van der Waals surface area (Å²) in [7, 11) is 0. The normalized spacial score (nSPS) is 37.4. The van der Waals surface area contributed by atoms with Crippen molar-refractivity contribution in [3.8, 4) is 0 Å². The van der Waals surface area contributed by atoms with Crippen LogP contribution in [0.1, 0.15) is 53.9 Å². The van der Waals surface area contributed by atoms with Crippen molar-refractivity contribution in [2.75, 3.05) is 0 Å². The molecular weight excluding hydrogens is 132 g/mol. The maximum absolute atomic E-state index is 2.40. The molecule has 66 valence electrons. The van der Waals surface area contributed by atoms with Crippen molar-refractivity contribution >= 4 is 0 Å². The largest absolute Gasteiger partial charge is 0.0651 e. The van der Waals surface area contributed by atoms with Gasteiger partial charge in [-0.15, -0.1) is 0 Å². The summed E-state index contributed by atoms with van der Waals surface area (Å²) in [5.41, 5.74) is 1.23. The molecule has 0 aliphatic heterocycles. The highest BCUT2D eigenvalue weighted by Gasteiger charge is 2.57. The van der Waals surface area contributed by atoms with Gasteiger partial charge in [0.15, 0.2) is 0 Å². The average Bonchev–Trinajstić information content (AvgIpc) is 2.60. The van der Waals surface area contributed by atoms with Crippen LogP contribution in [-0.4, -0.2) is 0 Å². The molecule has 1 saturated carbocycles. The van der Waals surface area contributed by atoms with E-state index >= 15 is 0 Å². The highest BCUT2D eigenvalue weighted by Crippen LogP contribution is 2.66. The molecule has 0 aromatic heterocycles. The van der Waals surface area contributed by atoms with Crippen molar-refractivity contribution in [1.29, 1.82) is 0 Å². The van der Waals surface area contributed by atoms with Crippen molar-refractivity contribution < 1.29 is 0 Å². The maximum atomic E-state index is 2.40. The van der Waals surface area contributed by atoms with E-state index in [0.29, 0.717) is 10.8 Å². The molecule has 0 aromatic rings. The zero-order valence-corrected chi connectivity index (χ0v) is 8.70. The quantitative estimate of drug-likeness (QED) is 0.566. The lowest BCUT2D eigenvalue weighted by Crippen LogP contribution is -2.23. The van der Waals surface area contributed by atoms with Gasteiger partial charge >= 0.3 is 0 Å². The van der Waals surface area contributed by atoms with E-state index in [1.54, 1.807) is 0 Å². The summed E-state index contributed by atoms with van der Waals surface area (Å²) in [4.78, 5) is 0. The summed E-state index contributed by atoms with van der Waals surface area (Å²) >= 11 is 0. The molecule has 0 radical (unpaired) electrons. The van der Waals surface area contributed by atoms with Crippen LogP contribution in [0.2, 0.25) is 0 Å². The van der Waals surface area contributed by atoms with E-state index in [4.69, 9.17) is 0 Å². The fraction of sp³-hybridized carbons (Fsp3) is 1.00. The molecular formula is C11H22. The van der Waals surface area contributed by atoms with Crippen molar-refractivity contribution in [3.63, 3.8) is 0 Å². The van der Waals surface area contributed by atoms with Crippen LogP contribution in [0.4, 0.5) is 0 Å². The van der Waals surface area contributed by atoms with E-state index in [1.807, 2.05) is 0 Å². The van der Waals surface area contributed by atoms with Gasteiger partial charge in [0, 0.05) is 0 Å². The predicted octanol–water partition coefficient (Wildman–Crippen LogP) is 3.86. The fourth-order valence-corrected chi connectivity index (χ4v) is 2.80. The van der Waals surface area contributed by atoms with E-state index in [0.717, 1.165) is 5.92 Å². The predicted molar refractivity (Wildman–Crippen MR) is 50.6 cm³/mol. The van der Waals surface area contributed by atoms with Crippen LogP contribution in [0.25, 0.3) is 0 Å². The van der Waals surface area contributed by atoms with Gasteiger partial charge in [0.2, 0.25) is 0 Å². The second-order valence-electron chi connectivity index (χ2n) is 5.07. The van der Waals surface area contributed by atoms with E-state index < -0.39 is 0 Å². The van der Waals surface area contributed by atoms with Gasteiger partial charge in [-0.05, 0) is 29.6 Å². The van der Waals surface area contributed by atoms with Gasteiger partial charge in [-0.1, -0.05) is 41.0 Å². The minimum Gasteiger partial charge on any atom is -0.0651 e. The molecule has 0 N–H and O–H groups in total. The zero-order valence-electron chi connectivity index (χ0n) is 8.70. The summed E-state index contributed by atoms with van der Waals surface area (Å²) in [6.45, 7) is 11.9. The van der Waals surface area contributed by atoms with Crippen molar-refractivity contribution in [1.82, 2.24) is 0 Å². The van der Waals surface area contributed by atoms with E-state index in [2.05, 4.69) is 34.6 Å². The summed E-state index contributed by atoms with van der Waals surface area (Å²) < 4.78 is 0.